The van der Waals surface area contributed by atoms with Crippen molar-refractivity contribution in [3.05, 3.63) is 35.4 Å². The maximum absolute atomic E-state index is 5.88. The molecule has 0 spiro atoms. The SMILES string of the molecule is CNC12CCC(CN)CC1CCc1ccccc12. The Morgan fingerprint density at radius 1 is 1.33 bits per heavy atom. The number of rotatable bonds is 2. The van der Waals surface area contributed by atoms with Crippen LogP contribution in [0.15, 0.2) is 24.3 Å². The number of hydrogen-bond donors (Lipinski definition) is 2. The van der Waals surface area contributed by atoms with Crippen LogP contribution < -0.4 is 11.1 Å². The predicted molar refractivity (Wildman–Crippen MR) is 75.4 cm³/mol. The van der Waals surface area contributed by atoms with Gasteiger partial charge < -0.3 is 11.1 Å². The van der Waals surface area contributed by atoms with Gasteiger partial charge in [-0.15, -0.1) is 0 Å². The molecule has 0 radical (unpaired) electrons. The van der Waals surface area contributed by atoms with Crippen molar-refractivity contribution in [1.29, 1.82) is 0 Å². The molecule has 1 aromatic carbocycles. The van der Waals surface area contributed by atoms with E-state index >= 15 is 0 Å². The van der Waals surface area contributed by atoms with Gasteiger partial charge in [0.05, 0.1) is 0 Å². The zero-order chi connectivity index (χ0) is 12.6. The molecule has 0 aliphatic heterocycles. The van der Waals surface area contributed by atoms with Crippen LogP contribution in [0.1, 0.15) is 36.8 Å². The summed E-state index contributed by atoms with van der Waals surface area (Å²) in [6.45, 7) is 0.859. The average molecular weight is 244 g/mol. The van der Waals surface area contributed by atoms with Crippen molar-refractivity contribution in [2.75, 3.05) is 13.6 Å². The molecular formula is C16H24N2. The van der Waals surface area contributed by atoms with E-state index in [0.717, 1.165) is 18.4 Å². The fraction of sp³-hybridized carbons (Fsp3) is 0.625. The number of aryl methyl sites for hydroxylation is 1. The third-order valence-corrected chi connectivity index (χ3v) is 5.30. The quantitative estimate of drug-likeness (QED) is 0.838. The van der Waals surface area contributed by atoms with Crippen LogP contribution in [0, 0.1) is 11.8 Å². The molecule has 3 rings (SSSR count). The molecule has 3 unspecified atom stereocenters. The molecule has 0 bridgehead atoms. The van der Waals surface area contributed by atoms with Gasteiger partial charge in [0, 0.05) is 5.54 Å². The van der Waals surface area contributed by atoms with Crippen molar-refractivity contribution in [2.24, 2.45) is 17.6 Å². The first-order valence-corrected chi connectivity index (χ1v) is 7.27. The highest BCUT2D eigenvalue weighted by molar-refractivity contribution is 5.37. The van der Waals surface area contributed by atoms with E-state index in [9.17, 15) is 0 Å². The largest absolute Gasteiger partial charge is 0.330 e. The Morgan fingerprint density at radius 3 is 2.94 bits per heavy atom. The smallest absolute Gasteiger partial charge is 0.0463 e. The molecule has 0 aromatic heterocycles. The number of fused-ring (bicyclic) bond motifs is 3. The minimum atomic E-state index is 0.223. The second kappa shape index (κ2) is 4.67. The van der Waals surface area contributed by atoms with Crippen LogP contribution in [0.5, 0.6) is 0 Å². The lowest BCUT2D eigenvalue weighted by Crippen LogP contribution is -2.53. The Morgan fingerprint density at radius 2 is 2.17 bits per heavy atom. The number of hydrogen-bond acceptors (Lipinski definition) is 2. The van der Waals surface area contributed by atoms with Crippen LogP contribution in [-0.2, 0) is 12.0 Å². The van der Waals surface area contributed by atoms with Gasteiger partial charge in [0.2, 0.25) is 0 Å². The van der Waals surface area contributed by atoms with Crippen molar-refractivity contribution in [3.8, 4) is 0 Å². The van der Waals surface area contributed by atoms with Crippen molar-refractivity contribution in [3.63, 3.8) is 0 Å². The number of nitrogens with two attached hydrogens (primary N) is 1. The highest BCUT2D eigenvalue weighted by Gasteiger charge is 2.46. The first-order chi connectivity index (χ1) is 8.80. The topological polar surface area (TPSA) is 38.0 Å². The van der Waals surface area contributed by atoms with E-state index in [1.807, 2.05) is 0 Å². The normalized spacial score (nSPS) is 34.8. The molecule has 3 atom stereocenters. The lowest BCUT2D eigenvalue weighted by Gasteiger charge is -2.50. The van der Waals surface area contributed by atoms with E-state index in [1.54, 1.807) is 11.1 Å². The van der Waals surface area contributed by atoms with Gasteiger partial charge in [-0.3, -0.25) is 0 Å². The summed E-state index contributed by atoms with van der Waals surface area (Å²) in [4.78, 5) is 0. The van der Waals surface area contributed by atoms with Gasteiger partial charge >= 0.3 is 0 Å². The molecule has 3 N–H and O–H groups in total. The van der Waals surface area contributed by atoms with E-state index in [-0.39, 0.29) is 5.54 Å². The summed E-state index contributed by atoms with van der Waals surface area (Å²) in [5.74, 6) is 1.50. The van der Waals surface area contributed by atoms with Crippen LogP contribution in [0.4, 0.5) is 0 Å². The van der Waals surface area contributed by atoms with E-state index in [4.69, 9.17) is 5.73 Å². The molecule has 2 aliphatic rings. The van der Waals surface area contributed by atoms with E-state index in [1.165, 1.54) is 32.1 Å². The molecule has 98 valence electrons. The molecule has 2 heteroatoms. The lowest BCUT2D eigenvalue weighted by molar-refractivity contribution is 0.0959. The van der Waals surface area contributed by atoms with Crippen molar-refractivity contribution < 1.29 is 0 Å². The summed E-state index contributed by atoms with van der Waals surface area (Å²) in [6, 6.07) is 9.00. The second-order valence-corrected chi connectivity index (χ2v) is 5.99. The Labute approximate surface area is 110 Å². The highest BCUT2D eigenvalue weighted by atomic mass is 15.0. The maximum Gasteiger partial charge on any atom is 0.0463 e. The Bertz CT molecular complexity index is 429. The summed E-state index contributed by atoms with van der Waals surface area (Å²) >= 11 is 0. The summed E-state index contributed by atoms with van der Waals surface area (Å²) in [5.41, 5.74) is 9.21. The van der Waals surface area contributed by atoms with E-state index in [0.29, 0.717) is 0 Å². The molecular weight excluding hydrogens is 220 g/mol. The first kappa shape index (κ1) is 12.2. The van der Waals surface area contributed by atoms with Gasteiger partial charge in [-0.25, -0.2) is 0 Å². The van der Waals surface area contributed by atoms with Gasteiger partial charge in [0.1, 0.15) is 0 Å². The second-order valence-electron chi connectivity index (χ2n) is 5.99. The summed E-state index contributed by atoms with van der Waals surface area (Å²) < 4.78 is 0. The summed E-state index contributed by atoms with van der Waals surface area (Å²) in [6.07, 6.45) is 6.36. The van der Waals surface area contributed by atoms with Crippen molar-refractivity contribution in [2.45, 2.75) is 37.6 Å². The van der Waals surface area contributed by atoms with Gasteiger partial charge in [-0.1, -0.05) is 24.3 Å². The van der Waals surface area contributed by atoms with Crippen LogP contribution >= 0.6 is 0 Å². The van der Waals surface area contributed by atoms with E-state index < -0.39 is 0 Å². The Hall–Kier alpha value is -0.860. The molecule has 0 saturated heterocycles. The average Bonchev–Trinajstić information content (AvgIpc) is 2.46. The first-order valence-electron chi connectivity index (χ1n) is 7.27. The van der Waals surface area contributed by atoms with E-state index in [2.05, 4.69) is 36.6 Å². The zero-order valence-electron chi connectivity index (χ0n) is 11.3. The zero-order valence-corrected chi connectivity index (χ0v) is 11.3. The van der Waals surface area contributed by atoms with Crippen LogP contribution in [0.25, 0.3) is 0 Å². The van der Waals surface area contributed by atoms with Gasteiger partial charge in [-0.05, 0) is 68.7 Å². The molecule has 1 fully saturated rings. The molecule has 18 heavy (non-hydrogen) atoms. The predicted octanol–water partition coefficient (Wildman–Crippen LogP) is 2.42. The van der Waals surface area contributed by atoms with Gasteiger partial charge in [0.15, 0.2) is 0 Å². The third-order valence-electron chi connectivity index (χ3n) is 5.30. The fourth-order valence-electron chi connectivity index (χ4n) is 4.26. The fourth-order valence-corrected chi connectivity index (χ4v) is 4.26. The monoisotopic (exact) mass is 244 g/mol. The van der Waals surface area contributed by atoms with Crippen LogP contribution in [-0.4, -0.2) is 13.6 Å². The Balaban J connectivity index is 2.00. The van der Waals surface area contributed by atoms with Gasteiger partial charge in [0.25, 0.3) is 0 Å². The maximum atomic E-state index is 5.88. The van der Waals surface area contributed by atoms with Crippen LogP contribution in [0.3, 0.4) is 0 Å². The molecule has 1 saturated carbocycles. The van der Waals surface area contributed by atoms with Crippen LogP contribution in [0.2, 0.25) is 0 Å². The lowest BCUT2D eigenvalue weighted by atomic mass is 9.60. The Kier molecular flexibility index (Phi) is 3.16. The number of nitrogens with one attached hydrogen (secondary N) is 1. The molecule has 2 aliphatic carbocycles. The minimum Gasteiger partial charge on any atom is -0.330 e. The summed E-state index contributed by atoms with van der Waals surface area (Å²) in [5, 5.41) is 3.68. The highest BCUT2D eigenvalue weighted by Crippen LogP contribution is 2.49. The third kappa shape index (κ3) is 1.70. The summed E-state index contributed by atoms with van der Waals surface area (Å²) in [7, 11) is 2.14. The molecule has 1 aromatic rings. The number of benzene rings is 1. The molecule has 0 heterocycles. The standard InChI is InChI=1S/C16H24N2/c1-18-16-9-8-12(11-17)10-14(16)7-6-13-4-2-3-5-15(13)16/h2-5,12,14,18H,6-11,17H2,1H3. The molecule has 2 nitrogen and oxygen atoms in total. The van der Waals surface area contributed by atoms with Gasteiger partial charge in [-0.2, -0.15) is 0 Å². The molecule has 0 amide bonds. The van der Waals surface area contributed by atoms with Crippen molar-refractivity contribution >= 4 is 0 Å². The minimum absolute atomic E-state index is 0.223. The van der Waals surface area contributed by atoms with Crippen molar-refractivity contribution in [1.82, 2.24) is 5.32 Å².